The van der Waals surface area contributed by atoms with E-state index in [1.165, 1.54) is 0 Å². The van der Waals surface area contributed by atoms with Crippen LogP contribution in [0.3, 0.4) is 0 Å². The van der Waals surface area contributed by atoms with Crippen molar-refractivity contribution in [3.05, 3.63) is 66.5 Å². The molecule has 0 saturated carbocycles. The number of rotatable bonds is 6. The number of hydrogen-bond donors (Lipinski definition) is 1. The molecule has 2 aromatic carbocycles. The van der Waals surface area contributed by atoms with Crippen molar-refractivity contribution >= 4 is 17.2 Å². The van der Waals surface area contributed by atoms with Crippen LogP contribution in [0, 0.1) is 0 Å². The van der Waals surface area contributed by atoms with Crippen molar-refractivity contribution < 1.29 is 19.0 Å². The summed E-state index contributed by atoms with van der Waals surface area (Å²) in [6.45, 7) is 0. The van der Waals surface area contributed by atoms with Crippen LogP contribution >= 0.6 is 0 Å². The van der Waals surface area contributed by atoms with E-state index in [0.717, 1.165) is 11.3 Å². The van der Waals surface area contributed by atoms with Crippen LogP contribution in [0.15, 0.2) is 60.8 Å². The lowest BCUT2D eigenvalue weighted by molar-refractivity contribution is 0.102. The zero-order valence-corrected chi connectivity index (χ0v) is 16.7. The van der Waals surface area contributed by atoms with Gasteiger partial charge in [-0.25, -0.2) is 9.50 Å². The van der Waals surface area contributed by atoms with Crippen LogP contribution in [-0.4, -0.2) is 41.8 Å². The predicted molar refractivity (Wildman–Crippen MR) is 112 cm³/mol. The van der Waals surface area contributed by atoms with Crippen LogP contribution in [0.5, 0.6) is 17.2 Å². The average molecular weight is 404 g/mol. The maximum absolute atomic E-state index is 12.6. The van der Waals surface area contributed by atoms with Gasteiger partial charge in [-0.05, 0) is 48.5 Å². The van der Waals surface area contributed by atoms with Gasteiger partial charge in [0.25, 0.3) is 5.91 Å². The number of aromatic nitrogens is 3. The third kappa shape index (κ3) is 3.75. The Labute approximate surface area is 173 Å². The molecule has 2 aromatic heterocycles. The van der Waals surface area contributed by atoms with Crippen molar-refractivity contribution in [1.82, 2.24) is 14.6 Å². The topological polar surface area (TPSA) is 87.0 Å². The van der Waals surface area contributed by atoms with Crippen molar-refractivity contribution in [2.75, 3.05) is 26.6 Å². The molecule has 2 heterocycles. The van der Waals surface area contributed by atoms with E-state index in [1.54, 1.807) is 62.4 Å². The van der Waals surface area contributed by atoms with Gasteiger partial charge in [-0.15, -0.1) is 0 Å². The van der Waals surface area contributed by atoms with Crippen LogP contribution in [0.25, 0.3) is 16.9 Å². The van der Waals surface area contributed by atoms with Crippen molar-refractivity contribution in [2.45, 2.75) is 0 Å². The number of benzene rings is 2. The Balaban J connectivity index is 1.59. The smallest absolute Gasteiger partial charge is 0.276 e. The van der Waals surface area contributed by atoms with E-state index in [0.29, 0.717) is 28.6 Å². The summed E-state index contributed by atoms with van der Waals surface area (Å²) in [6.07, 6.45) is 1.76. The SMILES string of the molecule is COc1ccc(NC(=O)c2cc3nc(-c4ccc(OC)c(OC)c4)ccn3n2)cc1. The van der Waals surface area contributed by atoms with E-state index in [9.17, 15) is 4.79 Å². The van der Waals surface area contributed by atoms with Crippen molar-refractivity contribution in [2.24, 2.45) is 0 Å². The standard InChI is InChI=1S/C22H20N4O4/c1-28-16-7-5-15(6-8-16)23-22(27)18-13-21-24-17(10-11-26(21)25-18)14-4-9-19(29-2)20(12-14)30-3/h4-13H,1-3H3,(H,23,27). The number of nitrogens with one attached hydrogen (secondary N) is 1. The third-order valence-corrected chi connectivity index (χ3v) is 4.58. The summed E-state index contributed by atoms with van der Waals surface area (Å²) in [4.78, 5) is 17.2. The summed E-state index contributed by atoms with van der Waals surface area (Å²) in [5, 5.41) is 7.13. The largest absolute Gasteiger partial charge is 0.497 e. The number of ether oxygens (including phenoxy) is 3. The zero-order valence-electron chi connectivity index (χ0n) is 16.7. The number of amides is 1. The monoisotopic (exact) mass is 404 g/mol. The van der Waals surface area contributed by atoms with Gasteiger partial charge in [0.05, 0.1) is 27.0 Å². The lowest BCUT2D eigenvalue weighted by Gasteiger charge is -2.09. The molecule has 0 unspecified atom stereocenters. The van der Waals surface area contributed by atoms with E-state index >= 15 is 0 Å². The lowest BCUT2D eigenvalue weighted by Crippen LogP contribution is -2.12. The predicted octanol–water partition coefficient (Wildman–Crippen LogP) is 3.67. The molecule has 0 radical (unpaired) electrons. The first-order valence-electron chi connectivity index (χ1n) is 9.15. The van der Waals surface area contributed by atoms with Crippen LogP contribution in [0.1, 0.15) is 10.5 Å². The first-order valence-corrected chi connectivity index (χ1v) is 9.15. The molecule has 152 valence electrons. The van der Waals surface area contributed by atoms with E-state index in [-0.39, 0.29) is 11.6 Å². The molecule has 8 heteroatoms. The molecule has 0 atom stereocenters. The first kappa shape index (κ1) is 19.3. The second-order valence-electron chi connectivity index (χ2n) is 6.40. The molecule has 30 heavy (non-hydrogen) atoms. The fourth-order valence-corrected chi connectivity index (χ4v) is 3.02. The van der Waals surface area contributed by atoms with Gasteiger partial charge in [0.2, 0.25) is 0 Å². The normalized spacial score (nSPS) is 10.6. The summed E-state index contributed by atoms with van der Waals surface area (Å²) in [7, 11) is 4.77. The molecule has 0 aliphatic heterocycles. The number of methoxy groups -OCH3 is 3. The second kappa shape index (κ2) is 8.12. The average Bonchev–Trinajstić information content (AvgIpc) is 3.22. The van der Waals surface area contributed by atoms with Crippen LogP contribution in [-0.2, 0) is 0 Å². The molecular formula is C22H20N4O4. The maximum atomic E-state index is 12.6. The van der Waals surface area contributed by atoms with E-state index < -0.39 is 0 Å². The fourth-order valence-electron chi connectivity index (χ4n) is 3.02. The van der Waals surface area contributed by atoms with Gasteiger partial charge < -0.3 is 19.5 Å². The molecular weight excluding hydrogens is 384 g/mol. The minimum atomic E-state index is -0.321. The Kier molecular flexibility index (Phi) is 5.21. The van der Waals surface area contributed by atoms with Gasteiger partial charge in [0.15, 0.2) is 22.8 Å². The maximum Gasteiger partial charge on any atom is 0.276 e. The molecule has 4 rings (SSSR count). The number of hydrogen-bond acceptors (Lipinski definition) is 6. The Morgan fingerprint density at radius 3 is 2.37 bits per heavy atom. The fraction of sp³-hybridized carbons (Fsp3) is 0.136. The molecule has 1 amide bonds. The quantitative estimate of drug-likeness (QED) is 0.528. The number of carbonyl (C=O) groups excluding carboxylic acids is 1. The molecule has 8 nitrogen and oxygen atoms in total. The Morgan fingerprint density at radius 1 is 0.900 bits per heavy atom. The Morgan fingerprint density at radius 2 is 1.67 bits per heavy atom. The van der Waals surface area contributed by atoms with Crippen LogP contribution in [0.2, 0.25) is 0 Å². The molecule has 0 aliphatic rings. The summed E-state index contributed by atoms with van der Waals surface area (Å²) in [6, 6.07) is 16.1. The molecule has 0 spiro atoms. The highest BCUT2D eigenvalue weighted by Gasteiger charge is 2.14. The number of carbonyl (C=O) groups is 1. The number of anilines is 1. The van der Waals surface area contributed by atoms with Gasteiger partial charge in [-0.1, -0.05) is 0 Å². The van der Waals surface area contributed by atoms with Gasteiger partial charge in [0.1, 0.15) is 5.75 Å². The van der Waals surface area contributed by atoms with Crippen LogP contribution < -0.4 is 19.5 Å². The van der Waals surface area contributed by atoms with Crippen molar-refractivity contribution in [3.63, 3.8) is 0 Å². The summed E-state index contributed by atoms with van der Waals surface area (Å²) in [5.41, 5.74) is 3.06. The first-order chi connectivity index (χ1) is 14.6. The minimum absolute atomic E-state index is 0.266. The Hall–Kier alpha value is -4.07. The minimum Gasteiger partial charge on any atom is -0.497 e. The zero-order chi connectivity index (χ0) is 21.1. The Bertz CT molecular complexity index is 1200. The van der Waals surface area contributed by atoms with Gasteiger partial charge in [-0.3, -0.25) is 4.79 Å². The molecule has 0 bridgehead atoms. The highest BCUT2D eigenvalue weighted by Crippen LogP contribution is 2.31. The van der Waals surface area contributed by atoms with Crippen molar-refractivity contribution in [1.29, 1.82) is 0 Å². The summed E-state index contributed by atoms with van der Waals surface area (Å²) >= 11 is 0. The van der Waals surface area contributed by atoms with Crippen molar-refractivity contribution in [3.8, 4) is 28.5 Å². The molecule has 4 aromatic rings. The van der Waals surface area contributed by atoms with E-state index in [4.69, 9.17) is 14.2 Å². The van der Waals surface area contributed by atoms with Gasteiger partial charge in [0, 0.05) is 23.5 Å². The lowest BCUT2D eigenvalue weighted by atomic mass is 10.1. The summed E-state index contributed by atoms with van der Waals surface area (Å²) < 4.78 is 17.3. The molecule has 0 saturated heterocycles. The molecule has 0 fully saturated rings. The van der Waals surface area contributed by atoms with Crippen LogP contribution in [0.4, 0.5) is 5.69 Å². The third-order valence-electron chi connectivity index (χ3n) is 4.58. The molecule has 0 aliphatic carbocycles. The summed E-state index contributed by atoms with van der Waals surface area (Å²) in [5.74, 6) is 1.65. The second-order valence-corrected chi connectivity index (χ2v) is 6.40. The van der Waals surface area contributed by atoms with Gasteiger partial charge in [-0.2, -0.15) is 5.10 Å². The molecule has 1 N–H and O–H groups in total. The van der Waals surface area contributed by atoms with Gasteiger partial charge >= 0.3 is 0 Å². The van der Waals surface area contributed by atoms with E-state index in [1.807, 2.05) is 24.3 Å². The van der Waals surface area contributed by atoms with E-state index in [2.05, 4.69) is 15.4 Å². The number of nitrogens with zero attached hydrogens (tertiary/aromatic N) is 3. The number of fused-ring (bicyclic) bond motifs is 1. The highest BCUT2D eigenvalue weighted by molar-refractivity contribution is 6.03. The highest BCUT2D eigenvalue weighted by atomic mass is 16.5.